The van der Waals surface area contributed by atoms with Gasteiger partial charge >= 0.3 is 0 Å². The molecule has 3 N–H and O–H groups in total. The van der Waals surface area contributed by atoms with E-state index >= 15 is 0 Å². The number of nitriles is 1. The molecule has 1 aromatic heterocycles. The van der Waals surface area contributed by atoms with Gasteiger partial charge in [0.15, 0.2) is 5.69 Å². The Morgan fingerprint density at radius 2 is 2.33 bits per heavy atom. The lowest BCUT2D eigenvalue weighted by Gasteiger charge is -2.10. The Hall–Kier alpha value is -1.76. The SMILES string of the molecule is CCC(C)CNc1ccc(N)c(C#N)n1. The van der Waals surface area contributed by atoms with Crippen LogP contribution < -0.4 is 11.1 Å². The van der Waals surface area contributed by atoms with Crippen LogP contribution in [0.2, 0.25) is 0 Å². The Morgan fingerprint density at radius 3 is 2.93 bits per heavy atom. The van der Waals surface area contributed by atoms with Crippen molar-refractivity contribution in [3.63, 3.8) is 0 Å². The molecule has 0 saturated heterocycles. The number of nitrogens with two attached hydrogens (primary N) is 1. The standard InChI is InChI=1S/C11H16N4/c1-3-8(2)7-14-11-5-4-9(13)10(6-12)15-11/h4-5,8H,3,7,13H2,1-2H3,(H,14,15). The van der Waals surface area contributed by atoms with Gasteiger partial charge in [-0.05, 0) is 18.1 Å². The van der Waals surface area contributed by atoms with E-state index in [1.165, 1.54) is 0 Å². The van der Waals surface area contributed by atoms with Crippen molar-refractivity contribution >= 4 is 11.5 Å². The van der Waals surface area contributed by atoms with E-state index in [2.05, 4.69) is 24.1 Å². The fourth-order valence-corrected chi connectivity index (χ4v) is 1.08. The van der Waals surface area contributed by atoms with Gasteiger partial charge in [-0.2, -0.15) is 5.26 Å². The number of aromatic nitrogens is 1. The van der Waals surface area contributed by atoms with Crippen LogP contribution in [0.4, 0.5) is 11.5 Å². The highest BCUT2D eigenvalue weighted by Gasteiger charge is 2.03. The molecule has 0 aliphatic rings. The zero-order valence-electron chi connectivity index (χ0n) is 9.12. The number of nitrogens with one attached hydrogen (secondary N) is 1. The highest BCUT2D eigenvalue weighted by molar-refractivity contribution is 5.54. The molecule has 0 aromatic carbocycles. The van der Waals surface area contributed by atoms with Gasteiger partial charge < -0.3 is 11.1 Å². The third kappa shape index (κ3) is 3.13. The molecule has 4 heteroatoms. The van der Waals surface area contributed by atoms with Gasteiger partial charge in [-0.25, -0.2) is 4.98 Å². The second kappa shape index (κ2) is 5.20. The van der Waals surface area contributed by atoms with Crippen molar-refractivity contribution in [3.05, 3.63) is 17.8 Å². The first-order chi connectivity index (χ1) is 7.17. The highest BCUT2D eigenvalue weighted by atomic mass is 15.0. The molecular formula is C11H16N4. The Morgan fingerprint density at radius 1 is 1.60 bits per heavy atom. The fraction of sp³-hybridized carbons (Fsp3) is 0.455. The number of pyridine rings is 1. The minimum absolute atomic E-state index is 0.282. The summed E-state index contributed by atoms with van der Waals surface area (Å²) in [6.45, 7) is 5.16. The maximum Gasteiger partial charge on any atom is 0.165 e. The van der Waals surface area contributed by atoms with Gasteiger partial charge in [0.05, 0.1) is 5.69 Å². The van der Waals surface area contributed by atoms with E-state index in [4.69, 9.17) is 11.0 Å². The van der Waals surface area contributed by atoms with Crippen LogP contribution in [0.5, 0.6) is 0 Å². The average Bonchev–Trinajstić information content (AvgIpc) is 2.27. The third-order valence-corrected chi connectivity index (χ3v) is 2.36. The molecule has 1 atom stereocenters. The molecule has 0 fully saturated rings. The molecule has 80 valence electrons. The van der Waals surface area contributed by atoms with Crippen LogP contribution in [0.1, 0.15) is 26.0 Å². The molecule has 0 radical (unpaired) electrons. The van der Waals surface area contributed by atoms with Crippen molar-refractivity contribution in [3.8, 4) is 6.07 Å². The summed E-state index contributed by atoms with van der Waals surface area (Å²) in [5.74, 6) is 1.30. The number of anilines is 2. The van der Waals surface area contributed by atoms with Crippen molar-refractivity contribution in [2.45, 2.75) is 20.3 Å². The predicted molar refractivity (Wildman–Crippen MR) is 61.3 cm³/mol. The summed E-state index contributed by atoms with van der Waals surface area (Å²) in [5, 5.41) is 11.9. The van der Waals surface area contributed by atoms with Gasteiger partial charge in [0.1, 0.15) is 11.9 Å². The molecule has 0 aliphatic carbocycles. The Bertz CT molecular complexity index is 367. The molecule has 15 heavy (non-hydrogen) atoms. The molecule has 0 bridgehead atoms. The van der Waals surface area contributed by atoms with Gasteiger partial charge in [-0.1, -0.05) is 20.3 Å². The molecular weight excluding hydrogens is 188 g/mol. The fourth-order valence-electron chi connectivity index (χ4n) is 1.08. The van der Waals surface area contributed by atoms with Crippen molar-refractivity contribution in [1.82, 2.24) is 4.98 Å². The van der Waals surface area contributed by atoms with Crippen LogP contribution in [0.3, 0.4) is 0 Å². The molecule has 0 spiro atoms. The summed E-state index contributed by atoms with van der Waals surface area (Å²) >= 11 is 0. The number of nitrogen functional groups attached to an aromatic ring is 1. The van der Waals surface area contributed by atoms with Crippen molar-refractivity contribution < 1.29 is 0 Å². The first-order valence-corrected chi connectivity index (χ1v) is 5.07. The van der Waals surface area contributed by atoms with Crippen molar-refractivity contribution in [2.75, 3.05) is 17.6 Å². The van der Waals surface area contributed by atoms with Crippen molar-refractivity contribution in [1.29, 1.82) is 5.26 Å². The van der Waals surface area contributed by atoms with Crippen LogP contribution in [0.25, 0.3) is 0 Å². The van der Waals surface area contributed by atoms with E-state index in [1.54, 1.807) is 12.1 Å². The van der Waals surface area contributed by atoms with Gasteiger partial charge in [-0.15, -0.1) is 0 Å². The Kier molecular flexibility index (Phi) is 3.92. The maximum atomic E-state index is 8.75. The molecule has 0 aliphatic heterocycles. The lowest BCUT2D eigenvalue weighted by atomic mass is 10.1. The molecule has 0 amide bonds. The van der Waals surface area contributed by atoms with E-state index in [0.717, 1.165) is 13.0 Å². The average molecular weight is 204 g/mol. The van der Waals surface area contributed by atoms with Gasteiger partial charge in [-0.3, -0.25) is 0 Å². The molecule has 0 saturated carbocycles. The van der Waals surface area contributed by atoms with Crippen molar-refractivity contribution in [2.24, 2.45) is 5.92 Å². The second-order valence-electron chi connectivity index (χ2n) is 3.64. The smallest absolute Gasteiger partial charge is 0.165 e. The minimum atomic E-state index is 0.282. The van der Waals surface area contributed by atoms with Crippen LogP contribution in [-0.4, -0.2) is 11.5 Å². The Balaban J connectivity index is 2.67. The Labute approximate surface area is 90.1 Å². The van der Waals surface area contributed by atoms with E-state index in [0.29, 0.717) is 17.4 Å². The summed E-state index contributed by atoms with van der Waals surface area (Å²) in [5.41, 5.74) is 6.27. The van der Waals surface area contributed by atoms with Gasteiger partial charge in [0.25, 0.3) is 0 Å². The zero-order chi connectivity index (χ0) is 11.3. The second-order valence-corrected chi connectivity index (χ2v) is 3.64. The van der Waals surface area contributed by atoms with E-state index in [-0.39, 0.29) is 5.69 Å². The van der Waals surface area contributed by atoms with Crippen LogP contribution in [-0.2, 0) is 0 Å². The molecule has 1 heterocycles. The molecule has 4 nitrogen and oxygen atoms in total. The quantitative estimate of drug-likeness (QED) is 0.786. The first-order valence-electron chi connectivity index (χ1n) is 5.07. The summed E-state index contributed by atoms with van der Waals surface area (Å²) < 4.78 is 0. The van der Waals surface area contributed by atoms with E-state index in [9.17, 15) is 0 Å². The summed E-state index contributed by atoms with van der Waals surface area (Å²) in [6, 6.07) is 5.45. The summed E-state index contributed by atoms with van der Waals surface area (Å²) in [4.78, 5) is 4.10. The van der Waals surface area contributed by atoms with Crippen LogP contribution in [0.15, 0.2) is 12.1 Å². The largest absolute Gasteiger partial charge is 0.396 e. The molecule has 1 aromatic rings. The van der Waals surface area contributed by atoms with Crippen LogP contribution in [0, 0.1) is 17.2 Å². The lowest BCUT2D eigenvalue weighted by Crippen LogP contribution is -2.11. The molecule has 1 unspecified atom stereocenters. The number of nitrogens with zero attached hydrogens (tertiary/aromatic N) is 2. The monoisotopic (exact) mass is 204 g/mol. The third-order valence-electron chi connectivity index (χ3n) is 2.36. The number of hydrogen-bond donors (Lipinski definition) is 2. The van der Waals surface area contributed by atoms with Gasteiger partial charge in [0.2, 0.25) is 0 Å². The molecule has 1 rings (SSSR count). The van der Waals surface area contributed by atoms with Gasteiger partial charge in [0, 0.05) is 6.54 Å². The topological polar surface area (TPSA) is 74.7 Å². The first kappa shape index (κ1) is 11.3. The number of hydrogen-bond acceptors (Lipinski definition) is 4. The maximum absolute atomic E-state index is 8.75. The number of rotatable bonds is 4. The van der Waals surface area contributed by atoms with Crippen LogP contribution >= 0.6 is 0 Å². The summed E-state index contributed by atoms with van der Waals surface area (Å²) in [7, 11) is 0. The van der Waals surface area contributed by atoms with E-state index in [1.807, 2.05) is 6.07 Å². The lowest BCUT2D eigenvalue weighted by molar-refractivity contribution is 0.592. The normalized spacial score (nSPS) is 11.8. The zero-order valence-corrected chi connectivity index (χ0v) is 9.12. The predicted octanol–water partition coefficient (Wildman–Crippen LogP) is 1.99. The highest BCUT2D eigenvalue weighted by Crippen LogP contribution is 2.12. The summed E-state index contributed by atoms with van der Waals surface area (Å²) in [6.07, 6.45) is 1.12. The van der Waals surface area contributed by atoms with E-state index < -0.39 is 0 Å². The minimum Gasteiger partial charge on any atom is -0.396 e.